The first kappa shape index (κ1) is 48.6. The molecule has 2 rings (SSSR count). The Morgan fingerprint density at radius 1 is 0.509 bits per heavy atom. The van der Waals surface area contributed by atoms with E-state index in [2.05, 4.69) is 49.8 Å². The lowest BCUT2D eigenvalue weighted by Gasteiger charge is -2.33. The van der Waals surface area contributed by atoms with E-state index in [1.165, 1.54) is 174 Å². The van der Waals surface area contributed by atoms with E-state index in [0.29, 0.717) is 13.2 Å². The maximum atomic E-state index is 6.62. The number of rotatable bonds is 38. The van der Waals surface area contributed by atoms with Gasteiger partial charge in [0.15, 0.2) is 5.79 Å². The molecule has 0 aliphatic carbocycles. The van der Waals surface area contributed by atoms with Crippen molar-refractivity contribution in [2.24, 2.45) is 0 Å². The third kappa shape index (κ3) is 27.7. The normalized spacial score (nSPS) is 21.4. The maximum absolute atomic E-state index is 6.62. The van der Waals surface area contributed by atoms with Gasteiger partial charge in [-0.15, -0.1) is 0 Å². The zero-order chi connectivity index (χ0) is 37.9. The standard InChI is InChI=1S/C47H92N2O4/c1-5-7-9-11-13-15-17-19-20-21-23-25-27-29-31-33-42-51-44-46-45(52-47(3,53-46)35-34-36-49-39-37-48(4)38-40-49)43-50-41-32-30-28-26-24-22-18-16-14-12-10-8-6-2/h19-20,45-46H,5-18,21-44H2,1-4H3/b20-19-. The zero-order valence-corrected chi connectivity index (χ0v) is 36.2. The monoisotopic (exact) mass is 749 g/mol. The molecule has 2 fully saturated rings. The van der Waals surface area contributed by atoms with E-state index in [-0.39, 0.29) is 12.2 Å². The first-order valence-corrected chi connectivity index (χ1v) is 23.6. The number of piperazine rings is 1. The molecule has 6 heteroatoms. The molecule has 0 radical (unpaired) electrons. The fourth-order valence-corrected chi connectivity index (χ4v) is 7.99. The van der Waals surface area contributed by atoms with Crippen LogP contribution in [0.1, 0.15) is 207 Å². The van der Waals surface area contributed by atoms with Crippen molar-refractivity contribution in [3.63, 3.8) is 0 Å². The predicted octanol–water partition coefficient (Wildman–Crippen LogP) is 12.7. The second-order valence-corrected chi connectivity index (χ2v) is 17.0. The van der Waals surface area contributed by atoms with E-state index >= 15 is 0 Å². The lowest BCUT2D eigenvalue weighted by molar-refractivity contribution is -0.174. The van der Waals surface area contributed by atoms with Gasteiger partial charge in [-0.05, 0) is 65.5 Å². The maximum Gasteiger partial charge on any atom is 0.166 e. The third-order valence-corrected chi connectivity index (χ3v) is 11.7. The van der Waals surface area contributed by atoms with Crippen molar-refractivity contribution in [2.75, 3.05) is 66.2 Å². The Hall–Kier alpha value is -0.500. The van der Waals surface area contributed by atoms with E-state index < -0.39 is 5.79 Å². The molecule has 0 bridgehead atoms. The molecule has 0 saturated carbocycles. The Labute approximate surface area is 331 Å². The smallest absolute Gasteiger partial charge is 0.166 e. The van der Waals surface area contributed by atoms with Crippen LogP contribution in [-0.2, 0) is 18.9 Å². The molecule has 2 heterocycles. The topological polar surface area (TPSA) is 43.4 Å². The van der Waals surface area contributed by atoms with Crippen molar-refractivity contribution in [2.45, 2.75) is 225 Å². The summed E-state index contributed by atoms with van der Waals surface area (Å²) in [6.45, 7) is 15.3. The molecule has 314 valence electrons. The Kier molecular flexibility index (Phi) is 31.9. The lowest BCUT2D eigenvalue weighted by Crippen LogP contribution is -2.45. The predicted molar refractivity (Wildman–Crippen MR) is 228 cm³/mol. The summed E-state index contributed by atoms with van der Waals surface area (Å²) in [6.07, 6.45) is 43.2. The molecule has 2 aliphatic rings. The van der Waals surface area contributed by atoms with Crippen LogP contribution in [-0.4, -0.2) is 94.0 Å². The molecule has 0 spiro atoms. The third-order valence-electron chi connectivity index (χ3n) is 11.7. The van der Waals surface area contributed by atoms with Crippen LogP contribution in [0.2, 0.25) is 0 Å². The second kappa shape index (κ2) is 34.7. The van der Waals surface area contributed by atoms with Gasteiger partial charge >= 0.3 is 0 Å². The van der Waals surface area contributed by atoms with Crippen LogP contribution in [0.15, 0.2) is 12.2 Å². The van der Waals surface area contributed by atoms with Crippen molar-refractivity contribution in [1.82, 2.24) is 9.80 Å². The minimum atomic E-state index is -0.548. The van der Waals surface area contributed by atoms with E-state index in [0.717, 1.165) is 58.5 Å². The van der Waals surface area contributed by atoms with Crippen molar-refractivity contribution in [1.29, 1.82) is 0 Å². The highest BCUT2D eigenvalue weighted by molar-refractivity contribution is 4.85. The van der Waals surface area contributed by atoms with E-state index in [1.54, 1.807) is 0 Å². The number of allylic oxidation sites excluding steroid dienone is 2. The van der Waals surface area contributed by atoms with E-state index in [1.807, 2.05) is 0 Å². The van der Waals surface area contributed by atoms with Crippen molar-refractivity contribution in [3.8, 4) is 0 Å². The minimum Gasteiger partial charge on any atom is -0.379 e. The van der Waals surface area contributed by atoms with Gasteiger partial charge in [0.25, 0.3) is 0 Å². The average molecular weight is 749 g/mol. The summed E-state index contributed by atoms with van der Waals surface area (Å²) in [5.41, 5.74) is 0. The summed E-state index contributed by atoms with van der Waals surface area (Å²) in [5, 5.41) is 0. The molecule has 3 atom stereocenters. The first-order chi connectivity index (χ1) is 26.1. The molecule has 6 nitrogen and oxygen atoms in total. The molecular weight excluding hydrogens is 657 g/mol. The molecule has 53 heavy (non-hydrogen) atoms. The summed E-state index contributed by atoms with van der Waals surface area (Å²) in [7, 11) is 2.22. The van der Waals surface area contributed by atoms with Gasteiger partial charge < -0.3 is 28.7 Å². The highest BCUT2D eigenvalue weighted by Crippen LogP contribution is 2.33. The van der Waals surface area contributed by atoms with Crippen LogP contribution in [0.4, 0.5) is 0 Å². The Bertz CT molecular complexity index is 803. The molecule has 0 amide bonds. The molecule has 2 aliphatic heterocycles. The average Bonchev–Trinajstić information content (AvgIpc) is 3.48. The van der Waals surface area contributed by atoms with Crippen molar-refractivity contribution >= 4 is 0 Å². The summed E-state index contributed by atoms with van der Waals surface area (Å²) >= 11 is 0. The summed E-state index contributed by atoms with van der Waals surface area (Å²) in [4.78, 5) is 5.01. The zero-order valence-electron chi connectivity index (χ0n) is 36.2. The lowest BCUT2D eigenvalue weighted by atomic mass is 10.0. The molecule has 0 aromatic carbocycles. The number of ether oxygens (including phenoxy) is 4. The first-order valence-electron chi connectivity index (χ1n) is 23.6. The van der Waals surface area contributed by atoms with Crippen LogP contribution in [0.3, 0.4) is 0 Å². The van der Waals surface area contributed by atoms with Gasteiger partial charge in [0.2, 0.25) is 0 Å². The number of unbranched alkanes of at least 4 members (excludes halogenated alkanes) is 24. The molecule has 2 saturated heterocycles. The Morgan fingerprint density at radius 2 is 0.887 bits per heavy atom. The fraction of sp³-hybridized carbons (Fsp3) is 0.957. The second-order valence-electron chi connectivity index (χ2n) is 17.0. The number of hydrogen-bond donors (Lipinski definition) is 0. The number of nitrogens with zero attached hydrogens (tertiary/aromatic N) is 2. The van der Waals surface area contributed by atoms with Crippen LogP contribution >= 0.6 is 0 Å². The van der Waals surface area contributed by atoms with Crippen molar-refractivity contribution < 1.29 is 18.9 Å². The van der Waals surface area contributed by atoms with Gasteiger partial charge in [-0.3, -0.25) is 0 Å². The summed E-state index contributed by atoms with van der Waals surface area (Å²) in [5.74, 6) is -0.548. The Balaban J connectivity index is 1.55. The summed E-state index contributed by atoms with van der Waals surface area (Å²) < 4.78 is 25.7. The molecule has 0 aromatic heterocycles. The number of hydrogen-bond acceptors (Lipinski definition) is 6. The van der Waals surface area contributed by atoms with Gasteiger partial charge in [-0.25, -0.2) is 0 Å². The van der Waals surface area contributed by atoms with Gasteiger partial charge in [0.1, 0.15) is 12.2 Å². The molecular formula is C47H92N2O4. The summed E-state index contributed by atoms with van der Waals surface area (Å²) in [6, 6.07) is 0. The molecule has 0 aromatic rings. The van der Waals surface area contributed by atoms with Gasteiger partial charge in [-0.2, -0.15) is 0 Å². The van der Waals surface area contributed by atoms with Crippen LogP contribution < -0.4 is 0 Å². The Morgan fingerprint density at radius 3 is 1.30 bits per heavy atom. The van der Waals surface area contributed by atoms with Crippen LogP contribution in [0, 0.1) is 0 Å². The van der Waals surface area contributed by atoms with Crippen LogP contribution in [0.5, 0.6) is 0 Å². The minimum absolute atomic E-state index is 0.0505. The van der Waals surface area contributed by atoms with Gasteiger partial charge in [0, 0.05) is 45.8 Å². The molecule has 3 unspecified atom stereocenters. The highest BCUT2D eigenvalue weighted by atomic mass is 16.8. The highest BCUT2D eigenvalue weighted by Gasteiger charge is 2.44. The SMILES string of the molecule is CCCCCCCC/C=C\CCCCCCCCOCC1OC(C)(CCCN2CCN(C)CC2)OC1COCCCCCCCCCCCCCCC. The van der Waals surface area contributed by atoms with Crippen molar-refractivity contribution in [3.05, 3.63) is 12.2 Å². The molecule has 0 N–H and O–H groups in total. The van der Waals surface area contributed by atoms with Gasteiger partial charge in [-0.1, -0.05) is 161 Å². The number of likely N-dealkylation sites (N-methyl/N-ethyl adjacent to an activating group) is 1. The van der Waals surface area contributed by atoms with Gasteiger partial charge in [0.05, 0.1) is 13.2 Å². The quantitative estimate of drug-likeness (QED) is 0.0463. The van der Waals surface area contributed by atoms with E-state index in [4.69, 9.17) is 18.9 Å². The van der Waals surface area contributed by atoms with Crippen LogP contribution in [0.25, 0.3) is 0 Å². The largest absolute Gasteiger partial charge is 0.379 e. The van der Waals surface area contributed by atoms with E-state index in [9.17, 15) is 0 Å². The fourth-order valence-electron chi connectivity index (χ4n) is 7.99.